The number of piperidine rings is 1. The number of fused-ring (bicyclic) bond motifs is 1. The lowest BCUT2D eigenvalue weighted by Gasteiger charge is -2.36. The van der Waals surface area contributed by atoms with Crippen molar-refractivity contribution in [3.63, 3.8) is 0 Å². The molecule has 2 amide bonds. The molecule has 0 atom stereocenters. The topological polar surface area (TPSA) is 92.8 Å². The van der Waals surface area contributed by atoms with E-state index in [1.165, 1.54) is 12.4 Å². The van der Waals surface area contributed by atoms with Crippen LogP contribution in [0.1, 0.15) is 41.6 Å². The Kier molecular flexibility index (Phi) is 6.66. The Hall–Kier alpha value is -2.60. The summed E-state index contributed by atoms with van der Waals surface area (Å²) in [6.07, 6.45) is -2.80. The summed E-state index contributed by atoms with van der Waals surface area (Å²) in [5.74, 6) is -0.332. The van der Waals surface area contributed by atoms with Crippen LogP contribution in [-0.2, 0) is 15.7 Å². The number of anilines is 1. The van der Waals surface area contributed by atoms with Crippen molar-refractivity contribution in [2.24, 2.45) is 0 Å². The number of methoxy groups -OCH3 is 1. The molecule has 0 spiro atoms. The first-order valence-electron chi connectivity index (χ1n) is 10.7. The molecular weight excluding hydrogens is 461 g/mol. The first-order chi connectivity index (χ1) is 15.7. The SMILES string of the molecule is CNC(=O)c1csc2c(C(F)(F)F)cc(N3CCC(OC(=O)NC4CC(OC)C4)CC3)nc12. The van der Waals surface area contributed by atoms with Crippen molar-refractivity contribution in [1.29, 1.82) is 0 Å². The van der Waals surface area contributed by atoms with E-state index < -0.39 is 23.7 Å². The van der Waals surface area contributed by atoms with Crippen LogP contribution in [0, 0.1) is 0 Å². The number of hydrogen-bond acceptors (Lipinski definition) is 7. The number of alkyl carbamates (subject to hydrolysis) is 1. The Labute approximate surface area is 192 Å². The van der Waals surface area contributed by atoms with Crippen LogP contribution in [0.3, 0.4) is 0 Å². The maximum Gasteiger partial charge on any atom is 0.417 e. The van der Waals surface area contributed by atoms with E-state index in [2.05, 4.69) is 15.6 Å². The third-order valence-corrected chi connectivity index (χ3v) is 7.08. The number of nitrogens with one attached hydrogen (secondary N) is 2. The van der Waals surface area contributed by atoms with Crippen LogP contribution >= 0.6 is 11.3 Å². The van der Waals surface area contributed by atoms with E-state index in [1.807, 2.05) is 0 Å². The van der Waals surface area contributed by atoms with Gasteiger partial charge in [0.2, 0.25) is 0 Å². The molecule has 0 unspecified atom stereocenters. The van der Waals surface area contributed by atoms with E-state index in [0.29, 0.717) is 25.9 Å². The minimum absolute atomic E-state index is 0.0387. The number of hydrogen-bond donors (Lipinski definition) is 2. The number of amides is 2. The second kappa shape index (κ2) is 9.34. The third-order valence-electron chi connectivity index (χ3n) is 6.08. The smallest absolute Gasteiger partial charge is 0.417 e. The molecule has 2 N–H and O–H groups in total. The van der Waals surface area contributed by atoms with Crippen molar-refractivity contribution in [3.8, 4) is 0 Å². The molecule has 1 aliphatic carbocycles. The van der Waals surface area contributed by atoms with Gasteiger partial charge in [-0.15, -0.1) is 11.3 Å². The molecular formula is C21H25F3N4O4S. The molecule has 2 aliphatic rings. The Balaban J connectivity index is 1.44. The van der Waals surface area contributed by atoms with Gasteiger partial charge in [0.05, 0.1) is 27.4 Å². The molecule has 12 heteroatoms. The Bertz CT molecular complexity index is 1030. The number of aromatic nitrogens is 1. The van der Waals surface area contributed by atoms with Gasteiger partial charge in [0.25, 0.3) is 5.91 Å². The summed E-state index contributed by atoms with van der Waals surface area (Å²) in [5.41, 5.74) is -0.654. The van der Waals surface area contributed by atoms with Crippen molar-refractivity contribution < 1.29 is 32.2 Å². The van der Waals surface area contributed by atoms with Crippen molar-refractivity contribution in [3.05, 3.63) is 22.6 Å². The van der Waals surface area contributed by atoms with Gasteiger partial charge in [-0.05, 0) is 18.9 Å². The lowest BCUT2D eigenvalue weighted by molar-refractivity contribution is -0.136. The molecule has 4 rings (SSSR count). The molecule has 0 aromatic carbocycles. The van der Waals surface area contributed by atoms with Gasteiger partial charge >= 0.3 is 12.3 Å². The fraction of sp³-hybridized carbons (Fsp3) is 0.571. The zero-order chi connectivity index (χ0) is 23.8. The molecule has 2 aromatic heterocycles. The first kappa shape index (κ1) is 23.6. The fourth-order valence-corrected chi connectivity index (χ4v) is 5.12. The normalized spacial score (nSPS) is 21.5. The van der Waals surface area contributed by atoms with Crippen LogP contribution in [0.15, 0.2) is 11.4 Å². The van der Waals surface area contributed by atoms with E-state index >= 15 is 0 Å². The summed E-state index contributed by atoms with van der Waals surface area (Å²) in [7, 11) is 3.05. The molecule has 1 saturated heterocycles. The first-order valence-corrected chi connectivity index (χ1v) is 11.5. The highest BCUT2D eigenvalue weighted by atomic mass is 32.1. The maximum absolute atomic E-state index is 13.7. The number of nitrogens with zero attached hydrogens (tertiary/aromatic N) is 2. The Morgan fingerprint density at radius 2 is 1.91 bits per heavy atom. The van der Waals surface area contributed by atoms with Gasteiger partial charge in [-0.3, -0.25) is 4.79 Å². The Morgan fingerprint density at radius 1 is 1.21 bits per heavy atom. The van der Waals surface area contributed by atoms with Gasteiger partial charge in [-0.2, -0.15) is 13.2 Å². The van der Waals surface area contributed by atoms with Gasteiger partial charge in [0.15, 0.2) is 0 Å². The highest BCUT2D eigenvalue weighted by molar-refractivity contribution is 7.17. The summed E-state index contributed by atoms with van der Waals surface area (Å²) in [5, 5.41) is 6.64. The summed E-state index contributed by atoms with van der Waals surface area (Å²) in [4.78, 5) is 30.4. The van der Waals surface area contributed by atoms with E-state index in [1.54, 1.807) is 12.0 Å². The van der Waals surface area contributed by atoms with Crippen molar-refractivity contribution in [2.75, 3.05) is 32.1 Å². The maximum atomic E-state index is 13.7. The fourth-order valence-electron chi connectivity index (χ4n) is 4.09. The predicted molar refractivity (Wildman–Crippen MR) is 117 cm³/mol. The average Bonchev–Trinajstić information content (AvgIpc) is 3.18. The van der Waals surface area contributed by atoms with Crippen LogP contribution < -0.4 is 15.5 Å². The number of halogens is 3. The lowest BCUT2D eigenvalue weighted by atomic mass is 9.89. The second-order valence-corrected chi connectivity index (χ2v) is 9.07. The molecule has 0 radical (unpaired) electrons. The van der Waals surface area contributed by atoms with Gasteiger partial charge in [-0.25, -0.2) is 9.78 Å². The summed E-state index contributed by atoms with van der Waals surface area (Å²) in [6.45, 7) is 0.755. The van der Waals surface area contributed by atoms with Crippen LogP contribution in [0.4, 0.5) is 23.8 Å². The average molecular weight is 487 g/mol. The summed E-state index contributed by atoms with van der Waals surface area (Å²) >= 11 is 0.852. The van der Waals surface area contributed by atoms with E-state index in [-0.39, 0.29) is 39.8 Å². The summed E-state index contributed by atoms with van der Waals surface area (Å²) < 4.78 is 51.8. The zero-order valence-electron chi connectivity index (χ0n) is 18.2. The molecule has 180 valence electrons. The van der Waals surface area contributed by atoms with E-state index in [4.69, 9.17) is 9.47 Å². The number of pyridine rings is 1. The van der Waals surface area contributed by atoms with Crippen molar-refractivity contribution >= 4 is 39.4 Å². The molecule has 1 aliphatic heterocycles. The molecule has 8 nitrogen and oxygen atoms in total. The number of rotatable bonds is 5. The van der Waals surface area contributed by atoms with Gasteiger partial charge in [0, 0.05) is 51.5 Å². The van der Waals surface area contributed by atoms with Gasteiger partial charge in [0.1, 0.15) is 11.9 Å². The number of carbonyl (C=O) groups is 2. The van der Waals surface area contributed by atoms with Gasteiger partial charge in [-0.1, -0.05) is 0 Å². The van der Waals surface area contributed by atoms with E-state index in [9.17, 15) is 22.8 Å². The minimum atomic E-state index is -4.58. The number of alkyl halides is 3. The van der Waals surface area contributed by atoms with Crippen LogP contribution in [0.2, 0.25) is 0 Å². The standard InChI is InChI=1S/C21H25F3N4O4S/c1-25-19(29)14-10-33-18-15(21(22,23)24)9-16(27-17(14)18)28-5-3-12(4-6-28)32-20(30)26-11-7-13(8-11)31-2/h9-13H,3-8H2,1-2H3,(H,25,29)(H,26,30). The van der Waals surface area contributed by atoms with Crippen LogP contribution in [0.25, 0.3) is 10.2 Å². The molecule has 0 bridgehead atoms. The molecule has 1 saturated carbocycles. The minimum Gasteiger partial charge on any atom is -0.446 e. The third kappa shape index (κ3) is 5.01. The van der Waals surface area contributed by atoms with Crippen LogP contribution in [0.5, 0.6) is 0 Å². The van der Waals surface area contributed by atoms with Crippen molar-refractivity contribution in [2.45, 2.75) is 50.1 Å². The predicted octanol–water partition coefficient (Wildman–Crippen LogP) is 3.55. The number of thiophene rings is 1. The second-order valence-electron chi connectivity index (χ2n) is 8.19. The lowest BCUT2D eigenvalue weighted by Crippen LogP contribution is -2.49. The largest absolute Gasteiger partial charge is 0.446 e. The number of ether oxygens (including phenoxy) is 2. The van der Waals surface area contributed by atoms with Gasteiger partial charge < -0.3 is 25.0 Å². The molecule has 3 heterocycles. The zero-order valence-corrected chi connectivity index (χ0v) is 19.0. The number of carbonyl (C=O) groups excluding carboxylic acids is 2. The summed E-state index contributed by atoms with van der Waals surface area (Å²) in [6, 6.07) is 1.07. The quantitative estimate of drug-likeness (QED) is 0.672. The van der Waals surface area contributed by atoms with E-state index in [0.717, 1.165) is 30.2 Å². The van der Waals surface area contributed by atoms with Crippen LogP contribution in [-0.4, -0.2) is 62.5 Å². The Morgan fingerprint density at radius 3 is 2.52 bits per heavy atom. The monoisotopic (exact) mass is 486 g/mol. The highest BCUT2D eigenvalue weighted by Crippen LogP contribution is 2.40. The molecule has 2 aromatic rings. The van der Waals surface area contributed by atoms with Crippen molar-refractivity contribution in [1.82, 2.24) is 15.6 Å². The highest BCUT2D eigenvalue weighted by Gasteiger charge is 2.36. The molecule has 2 fully saturated rings. The molecule has 33 heavy (non-hydrogen) atoms.